The molecule has 0 spiro atoms. The Morgan fingerprint density at radius 2 is 1.77 bits per heavy atom. The maximum atomic E-state index is 13.8. The molecule has 4 rings (SSSR count). The van der Waals surface area contributed by atoms with Crippen LogP contribution in [0, 0.1) is 12.7 Å². The second-order valence-electron chi connectivity index (χ2n) is 7.67. The van der Waals surface area contributed by atoms with Crippen LogP contribution in [0.5, 0.6) is 0 Å². The molecule has 1 atom stereocenters. The molecule has 0 bridgehead atoms. The number of nitrogens with one attached hydrogen (secondary N) is 2. The molecule has 31 heavy (non-hydrogen) atoms. The number of benzene rings is 3. The van der Waals surface area contributed by atoms with Crippen molar-refractivity contribution in [3.63, 3.8) is 0 Å². The third-order valence-electron chi connectivity index (χ3n) is 5.47. The fourth-order valence-electron chi connectivity index (χ4n) is 3.80. The Morgan fingerprint density at radius 1 is 1.03 bits per heavy atom. The van der Waals surface area contributed by atoms with Gasteiger partial charge in [-0.05, 0) is 48.2 Å². The maximum absolute atomic E-state index is 13.8. The number of para-hydroxylation sites is 1. The fourth-order valence-corrected chi connectivity index (χ4v) is 3.80. The number of aryl methyl sites for hydroxylation is 1. The summed E-state index contributed by atoms with van der Waals surface area (Å²) in [5, 5.41) is 5.42. The van der Waals surface area contributed by atoms with Crippen LogP contribution >= 0.6 is 0 Å². The van der Waals surface area contributed by atoms with E-state index in [2.05, 4.69) is 10.6 Å². The van der Waals surface area contributed by atoms with Crippen molar-refractivity contribution in [3.05, 3.63) is 95.3 Å². The van der Waals surface area contributed by atoms with Gasteiger partial charge in [0.15, 0.2) is 0 Å². The van der Waals surface area contributed by atoms with Crippen molar-refractivity contribution in [2.45, 2.75) is 25.8 Å². The van der Waals surface area contributed by atoms with E-state index in [0.29, 0.717) is 24.2 Å². The minimum atomic E-state index is -0.760. The molecular weight excluding hydrogens is 393 g/mol. The van der Waals surface area contributed by atoms with Gasteiger partial charge in [-0.25, -0.2) is 9.18 Å². The third kappa shape index (κ3) is 4.74. The Hall–Kier alpha value is -3.67. The van der Waals surface area contributed by atoms with Crippen LogP contribution in [0.2, 0.25) is 0 Å². The van der Waals surface area contributed by atoms with Crippen LogP contribution in [0.4, 0.5) is 20.6 Å². The molecule has 2 N–H and O–H groups in total. The summed E-state index contributed by atoms with van der Waals surface area (Å²) in [7, 11) is 0. The second-order valence-corrected chi connectivity index (χ2v) is 7.67. The molecule has 3 aromatic carbocycles. The average molecular weight is 417 g/mol. The van der Waals surface area contributed by atoms with Crippen molar-refractivity contribution < 1.29 is 14.0 Å². The fraction of sp³-hybridized carbons (Fsp3) is 0.200. The number of amides is 3. The highest BCUT2D eigenvalue weighted by atomic mass is 19.1. The molecule has 1 aliphatic heterocycles. The number of carbonyl (C=O) groups is 2. The predicted octanol–water partition coefficient (Wildman–Crippen LogP) is 4.46. The van der Waals surface area contributed by atoms with E-state index in [4.69, 9.17) is 0 Å². The van der Waals surface area contributed by atoms with Gasteiger partial charge >= 0.3 is 6.03 Å². The summed E-state index contributed by atoms with van der Waals surface area (Å²) in [6, 6.07) is 20.5. The molecule has 5 nitrogen and oxygen atoms in total. The zero-order valence-corrected chi connectivity index (χ0v) is 17.3. The van der Waals surface area contributed by atoms with Gasteiger partial charge in [0.25, 0.3) is 0 Å². The van der Waals surface area contributed by atoms with E-state index in [-0.39, 0.29) is 5.91 Å². The zero-order valence-electron chi connectivity index (χ0n) is 17.3. The smallest absolute Gasteiger partial charge is 0.319 e. The van der Waals surface area contributed by atoms with Gasteiger partial charge in [0, 0.05) is 24.3 Å². The van der Waals surface area contributed by atoms with Crippen LogP contribution in [0.3, 0.4) is 0 Å². The summed E-state index contributed by atoms with van der Waals surface area (Å²) in [6.07, 6.45) is 1.14. The van der Waals surface area contributed by atoms with E-state index in [1.165, 1.54) is 6.07 Å². The van der Waals surface area contributed by atoms with E-state index >= 15 is 0 Å². The first-order valence-corrected chi connectivity index (χ1v) is 10.3. The predicted molar refractivity (Wildman–Crippen MR) is 120 cm³/mol. The number of hydrogen-bond acceptors (Lipinski definition) is 2. The molecule has 158 valence electrons. The van der Waals surface area contributed by atoms with Crippen molar-refractivity contribution in [2.75, 3.05) is 16.8 Å². The molecule has 3 aromatic rings. The summed E-state index contributed by atoms with van der Waals surface area (Å²) < 4.78 is 13.8. The van der Waals surface area contributed by atoms with Gasteiger partial charge in [-0.15, -0.1) is 0 Å². The van der Waals surface area contributed by atoms with Crippen LogP contribution in [-0.4, -0.2) is 24.5 Å². The lowest BCUT2D eigenvalue weighted by atomic mass is 10.0. The molecular formula is C25H24FN3O2. The largest absolute Gasteiger partial charge is 0.326 e. The SMILES string of the molecule is Cc1ccc(NC(=O)N[C@@H](Cc2ccccc2)C(=O)N2CCc3ccccc32)cc1F. The highest BCUT2D eigenvalue weighted by molar-refractivity contribution is 6.02. The summed E-state index contributed by atoms with van der Waals surface area (Å²) in [4.78, 5) is 27.8. The lowest BCUT2D eigenvalue weighted by molar-refractivity contribution is -0.120. The number of hydrogen-bond donors (Lipinski definition) is 2. The first-order valence-electron chi connectivity index (χ1n) is 10.3. The van der Waals surface area contributed by atoms with Crippen LogP contribution < -0.4 is 15.5 Å². The van der Waals surface area contributed by atoms with E-state index in [0.717, 1.165) is 23.2 Å². The summed E-state index contributed by atoms with van der Waals surface area (Å²) in [5.74, 6) is -0.567. The molecule has 0 fully saturated rings. The monoisotopic (exact) mass is 417 g/mol. The summed E-state index contributed by atoms with van der Waals surface area (Å²) in [5.41, 5.74) is 3.77. The van der Waals surface area contributed by atoms with Crippen LogP contribution in [0.15, 0.2) is 72.8 Å². The Balaban J connectivity index is 1.53. The van der Waals surface area contributed by atoms with Crippen LogP contribution in [0.1, 0.15) is 16.7 Å². The molecule has 0 saturated carbocycles. The molecule has 6 heteroatoms. The molecule has 0 aliphatic carbocycles. The van der Waals surface area contributed by atoms with Gasteiger partial charge in [0.05, 0.1) is 0 Å². The number of halogens is 1. The second kappa shape index (κ2) is 9.00. The van der Waals surface area contributed by atoms with Crippen molar-refractivity contribution in [1.82, 2.24) is 5.32 Å². The number of rotatable bonds is 5. The van der Waals surface area contributed by atoms with E-state index in [9.17, 15) is 14.0 Å². The van der Waals surface area contributed by atoms with Crippen molar-refractivity contribution in [1.29, 1.82) is 0 Å². The molecule has 0 unspecified atom stereocenters. The van der Waals surface area contributed by atoms with Crippen LogP contribution in [-0.2, 0) is 17.6 Å². The van der Waals surface area contributed by atoms with E-state index < -0.39 is 17.9 Å². The van der Waals surface area contributed by atoms with Crippen molar-refractivity contribution in [3.8, 4) is 0 Å². The number of carbonyl (C=O) groups excluding carboxylic acids is 2. The maximum Gasteiger partial charge on any atom is 0.319 e. The van der Waals surface area contributed by atoms with E-state index in [1.54, 1.807) is 24.0 Å². The Kier molecular flexibility index (Phi) is 5.98. The highest BCUT2D eigenvalue weighted by Gasteiger charge is 2.31. The average Bonchev–Trinajstić information content (AvgIpc) is 3.20. The van der Waals surface area contributed by atoms with Gasteiger partial charge in [-0.3, -0.25) is 4.79 Å². The van der Waals surface area contributed by atoms with Gasteiger partial charge in [0.2, 0.25) is 5.91 Å². The third-order valence-corrected chi connectivity index (χ3v) is 5.47. The van der Waals surface area contributed by atoms with Gasteiger partial charge in [-0.1, -0.05) is 54.6 Å². The minimum Gasteiger partial charge on any atom is -0.326 e. The van der Waals surface area contributed by atoms with Crippen molar-refractivity contribution in [2.24, 2.45) is 0 Å². The molecule has 1 aliphatic rings. The molecule has 0 saturated heterocycles. The van der Waals surface area contributed by atoms with Crippen LogP contribution in [0.25, 0.3) is 0 Å². The number of urea groups is 1. The molecule has 1 heterocycles. The topological polar surface area (TPSA) is 61.4 Å². The van der Waals surface area contributed by atoms with Crippen molar-refractivity contribution >= 4 is 23.3 Å². The normalized spacial score (nSPS) is 13.4. The Labute approximate surface area is 180 Å². The molecule has 0 aromatic heterocycles. The molecule has 3 amide bonds. The Morgan fingerprint density at radius 3 is 2.55 bits per heavy atom. The lowest BCUT2D eigenvalue weighted by Crippen LogP contribution is -2.50. The lowest BCUT2D eigenvalue weighted by Gasteiger charge is -2.25. The number of fused-ring (bicyclic) bond motifs is 1. The number of anilines is 2. The van der Waals surface area contributed by atoms with Gasteiger partial charge in [-0.2, -0.15) is 0 Å². The zero-order chi connectivity index (χ0) is 21.8. The minimum absolute atomic E-state index is 0.168. The van der Waals surface area contributed by atoms with Gasteiger partial charge in [0.1, 0.15) is 11.9 Å². The van der Waals surface area contributed by atoms with Gasteiger partial charge < -0.3 is 15.5 Å². The van der Waals surface area contributed by atoms with E-state index in [1.807, 2.05) is 54.6 Å². The highest BCUT2D eigenvalue weighted by Crippen LogP contribution is 2.28. The first kappa shape index (κ1) is 20.6. The summed E-state index contributed by atoms with van der Waals surface area (Å²) >= 11 is 0. The summed E-state index contributed by atoms with van der Waals surface area (Å²) in [6.45, 7) is 2.23. The number of nitrogens with zero attached hydrogens (tertiary/aromatic N) is 1. The Bertz CT molecular complexity index is 1100. The standard InChI is InChI=1S/C25H24FN3O2/c1-17-11-12-20(16-21(17)26)27-25(31)28-22(15-18-7-3-2-4-8-18)24(30)29-14-13-19-9-5-6-10-23(19)29/h2-12,16,22H,13-15H2,1H3,(H2,27,28,31)/t22-/m0/s1. The first-order chi connectivity index (χ1) is 15.0. The molecule has 0 radical (unpaired) electrons. The quantitative estimate of drug-likeness (QED) is 0.644.